The second-order valence-electron chi connectivity index (χ2n) is 5.06. The zero-order chi connectivity index (χ0) is 11.8. The lowest BCUT2D eigenvalue weighted by molar-refractivity contribution is 0.305. The van der Waals surface area contributed by atoms with Crippen LogP contribution in [-0.4, -0.2) is 22.8 Å². The van der Waals surface area contributed by atoms with Gasteiger partial charge in [0.25, 0.3) is 0 Å². The molecule has 0 amide bonds. The average molecular weight is 270 g/mol. The Hall–Kier alpha value is -0.400. The highest BCUT2D eigenvalue weighted by Crippen LogP contribution is 2.41. The van der Waals surface area contributed by atoms with Crippen LogP contribution in [0.25, 0.3) is 0 Å². The van der Waals surface area contributed by atoms with Crippen molar-refractivity contribution in [3.63, 3.8) is 0 Å². The Bertz CT molecular complexity index is 363. The normalized spacial score (nSPS) is 36.9. The monoisotopic (exact) mass is 269 g/mol. The molecule has 1 nitrogen and oxygen atoms in total. The molecule has 0 saturated carbocycles. The van der Waals surface area contributed by atoms with E-state index in [-0.39, 0.29) is 10.8 Å². The Morgan fingerprint density at radius 3 is 1.88 bits per heavy atom. The van der Waals surface area contributed by atoms with Gasteiger partial charge in [0, 0.05) is 17.8 Å². The molecule has 3 rings (SSSR count). The van der Waals surface area contributed by atoms with Crippen LogP contribution in [0.1, 0.15) is 25.7 Å². The molecule has 1 aromatic carbocycles. The van der Waals surface area contributed by atoms with Crippen molar-refractivity contribution in [1.82, 2.24) is 0 Å². The number of fused-ring (bicyclic) bond motifs is 2. The Balaban J connectivity index is 1.95. The first-order chi connectivity index (χ1) is 8.27. The molecule has 2 heterocycles. The number of para-hydroxylation sites is 1. The zero-order valence-corrected chi connectivity index (χ0v) is 11.2. The summed E-state index contributed by atoms with van der Waals surface area (Å²) in [6, 6.07) is 11.5. The van der Waals surface area contributed by atoms with Gasteiger partial charge in [-0.2, -0.15) is 0 Å². The molecule has 1 aromatic rings. The number of hydrogen-bond acceptors (Lipinski definition) is 1. The van der Waals surface area contributed by atoms with Crippen LogP contribution in [0.15, 0.2) is 30.3 Å². The predicted molar refractivity (Wildman–Crippen MR) is 74.2 cm³/mol. The van der Waals surface area contributed by atoms with E-state index >= 15 is 0 Å². The van der Waals surface area contributed by atoms with Gasteiger partial charge >= 0.3 is 0 Å². The number of nitrogens with zero attached hydrogens (tertiary/aromatic N) is 1. The van der Waals surface area contributed by atoms with E-state index in [0.717, 1.165) is 25.7 Å². The van der Waals surface area contributed by atoms with E-state index in [2.05, 4.69) is 35.2 Å². The molecular weight excluding hydrogens is 253 g/mol. The van der Waals surface area contributed by atoms with Gasteiger partial charge in [-0.1, -0.05) is 18.2 Å². The Kier molecular flexibility index (Phi) is 3.23. The first kappa shape index (κ1) is 11.7. The summed E-state index contributed by atoms with van der Waals surface area (Å²) in [7, 11) is 0. The summed E-state index contributed by atoms with van der Waals surface area (Å²) in [5.74, 6) is 0. The summed E-state index contributed by atoms with van der Waals surface area (Å²) in [6.45, 7) is 0. The highest BCUT2D eigenvalue weighted by molar-refractivity contribution is 6.22. The molecule has 2 aliphatic heterocycles. The number of benzene rings is 1. The second kappa shape index (κ2) is 4.70. The molecule has 92 valence electrons. The molecule has 2 bridgehead atoms. The van der Waals surface area contributed by atoms with Gasteiger partial charge in [0.1, 0.15) is 0 Å². The van der Waals surface area contributed by atoms with Gasteiger partial charge in [-0.05, 0) is 37.8 Å². The van der Waals surface area contributed by atoms with Crippen molar-refractivity contribution in [2.75, 3.05) is 4.90 Å². The van der Waals surface area contributed by atoms with Gasteiger partial charge in [-0.15, -0.1) is 23.2 Å². The van der Waals surface area contributed by atoms with E-state index in [1.165, 1.54) is 5.69 Å². The molecule has 3 heteroatoms. The van der Waals surface area contributed by atoms with Gasteiger partial charge in [0.2, 0.25) is 0 Å². The molecule has 4 atom stereocenters. The molecule has 0 unspecified atom stereocenters. The first-order valence-corrected chi connectivity index (χ1v) is 7.26. The SMILES string of the molecule is Cl[C@@H]1CC[C@@H]2[C@H](Cl)CC[C@H]1N2c1ccccc1. The standard InChI is InChI=1S/C14H17Cl2N/c15-11-6-8-13-12(16)7-9-14(11)17(13)10-4-2-1-3-5-10/h1-5,11-14H,6-9H2/t11-,12-,13-,14-/m1/s1. The van der Waals surface area contributed by atoms with Gasteiger partial charge in [-0.25, -0.2) is 0 Å². The number of hydrogen-bond donors (Lipinski definition) is 0. The lowest BCUT2D eigenvalue weighted by Crippen LogP contribution is -2.58. The Morgan fingerprint density at radius 2 is 1.35 bits per heavy atom. The molecule has 0 radical (unpaired) electrons. The van der Waals surface area contributed by atoms with Crippen LogP contribution in [0.2, 0.25) is 0 Å². The highest BCUT2D eigenvalue weighted by atomic mass is 35.5. The van der Waals surface area contributed by atoms with Crippen LogP contribution in [0.4, 0.5) is 5.69 Å². The van der Waals surface area contributed by atoms with Crippen molar-refractivity contribution in [2.24, 2.45) is 0 Å². The van der Waals surface area contributed by atoms with Crippen LogP contribution in [0.3, 0.4) is 0 Å². The maximum atomic E-state index is 6.49. The zero-order valence-electron chi connectivity index (χ0n) is 9.73. The van der Waals surface area contributed by atoms with Crippen molar-refractivity contribution in [2.45, 2.75) is 48.5 Å². The fourth-order valence-corrected chi connectivity index (χ4v) is 4.01. The molecule has 0 aromatic heterocycles. The summed E-state index contributed by atoms with van der Waals surface area (Å²) in [5, 5.41) is 0.547. The smallest absolute Gasteiger partial charge is 0.0540 e. The van der Waals surface area contributed by atoms with Crippen molar-refractivity contribution in [3.05, 3.63) is 30.3 Å². The topological polar surface area (TPSA) is 3.24 Å². The summed E-state index contributed by atoms with van der Waals surface area (Å²) < 4.78 is 0. The Labute approximate surface area is 113 Å². The van der Waals surface area contributed by atoms with Gasteiger partial charge in [0.15, 0.2) is 0 Å². The number of piperidine rings is 2. The minimum absolute atomic E-state index is 0.274. The maximum absolute atomic E-state index is 6.49. The van der Waals surface area contributed by atoms with Crippen LogP contribution in [0, 0.1) is 0 Å². The summed E-state index contributed by atoms with van der Waals surface area (Å²) >= 11 is 13.0. The van der Waals surface area contributed by atoms with E-state index in [4.69, 9.17) is 23.2 Å². The third-order valence-electron chi connectivity index (χ3n) is 4.08. The molecule has 0 spiro atoms. The molecule has 2 aliphatic rings. The molecular formula is C14H17Cl2N. The number of alkyl halides is 2. The molecule has 0 N–H and O–H groups in total. The van der Waals surface area contributed by atoms with E-state index < -0.39 is 0 Å². The average Bonchev–Trinajstić information content (AvgIpc) is 2.37. The van der Waals surface area contributed by atoms with Gasteiger partial charge in [0.05, 0.1) is 10.8 Å². The number of rotatable bonds is 1. The summed E-state index contributed by atoms with van der Waals surface area (Å²) in [5.41, 5.74) is 1.28. The second-order valence-corrected chi connectivity index (χ2v) is 6.19. The fraction of sp³-hybridized carbons (Fsp3) is 0.571. The number of anilines is 1. The predicted octanol–water partition coefficient (Wildman–Crippen LogP) is 4.03. The van der Waals surface area contributed by atoms with Crippen molar-refractivity contribution in [3.8, 4) is 0 Å². The highest BCUT2D eigenvalue weighted by Gasteiger charge is 2.43. The lowest BCUT2D eigenvalue weighted by atomic mass is 9.83. The van der Waals surface area contributed by atoms with Crippen LogP contribution >= 0.6 is 23.2 Å². The van der Waals surface area contributed by atoms with Crippen LogP contribution in [0.5, 0.6) is 0 Å². The largest absolute Gasteiger partial charge is 0.363 e. The van der Waals surface area contributed by atoms with E-state index in [1.807, 2.05) is 0 Å². The molecule has 17 heavy (non-hydrogen) atoms. The van der Waals surface area contributed by atoms with E-state index in [0.29, 0.717) is 12.1 Å². The summed E-state index contributed by atoms with van der Waals surface area (Å²) in [4.78, 5) is 2.47. The fourth-order valence-electron chi connectivity index (χ4n) is 3.26. The van der Waals surface area contributed by atoms with Crippen LogP contribution < -0.4 is 4.90 Å². The molecule has 0 aliphatic carbocycles. The summed E-state index contributed by atoms with van der Waals surface area (Å²) in [6.07, 6.45) is 4.44. The quantitative estimate of drug-likeness (QED) is 0.696. The van der Waals surface area contributed by atoms with E-state index in [1.54, 1.807) is 0 Å². The first-order valence-electron chi connectivity index (χ1n) is 6.39. The van der Waals surface area contributed by atoms with Crippen molar-refractivity contribution >= 4 is 28.9 Å². The maximum Gasteiger partial charge on any atom is 0.0540 e. The van der Waals surface area contributed by atoms with Crippen molar-refractivity contribution < 1.29 is 0 Å². The third kappa shape index (κ3) is 2.04. The Morgan fingerprint density at radius 1 is 0.824 bits per heavy atom. The van der Waals surface area contributed by atoms with Gasteiger partial charge < -0.3 is 4.90 Å². The van der Waals surface area contributed by atoms with Crippen LogP contribution in [-0.2, 0) is 0 Å². The minimum Gasteiger partial charge on any atom is -0.363 e. The van der Waals surface area contributed by atoms with Crippen molar-refractivity contribution in [1.29, 1.82) is 0 Å². The molecule has 2 fully saturated rings. The third-order valence-corrected chi connectivity index (χ3v) is 5.10. The van der Waals surface area contributed by atoms with Gasteiger partial charge in [-0.3, -0.25) is 0 Å². The minimum atomic E-state index is 0.274. The lowest BCUT2D eigenvalue weighted by Gasteiger charge is -2.51. The van der Waals surface area contributed by atoms with E-state index in [9.17, 15) is 0 Å². The number of halogens is 2. The molecule has 2 saturated heterocycles.